The highest BCUT2D eigenvalue weighted by molar-refractivity contribution is 7.18. The first kappa shape index (κ1) is 21.1. The predicted molar refractivity (Wildman–Crippen MR) is 128 cm³/mol. The number of ether oxygens (including phenoxy) is 1. The van der Waals surface area contributed by atoms with E-state index in [1.165, 1.54) is 11.3 Å². The average molecular weight is 456 g/mol. The lowest BCUT2D eigenvalue weighted by molar-refractivity contribution is 0.0530. The molecule has 4 aliphatic rings. The lowest BCUT2D eigenvalue weighted by atomic mass is 9.90. The van der Waals surface area contributed by atoms with Crippen molar-refractivity contribution in [2.45, 2.75) is 31.7 Å². The zero-order valence-corrected chi connectivity index (χ0v) is 19.3. The highest BCUT2D eigenvalue weighted by atomic mass is 32.1. The van der Waals surface area contributed by atoms with Gasteiger partial charge in [-0.05, 0) is 50.4 Å². The van der Waals surface area contributed by atoms with Crippen LogP contribution in [0.2, 0.25) is 0 Å². The SMILES string of the molecule is CCOC(=O)c1sc(NC2=NC=CN3C2=NCC3C2C=NN(C)C2)cc1C1CCNCC1. The normalized spacial score (nSPS) is 25.1. The Balaban J connectivity index is 1.36. The highest BCUT2D eigenvalue weighted by Crippen LogP contribution is 2.37. The van der Waals surface area contributed by atoms with Gasteiger partial charge in [-0.1, -0.05) is 0 Å². The summed E-state index contributed by atoms with van der Waals surface area (Å²) in [6, 6.07) is 2.34. The van der Waals surface area contributed by atoms with Gasteiger partial charge in [-0.2, -0.15) is 5.10 Å². The van der Waals surface area contributed by atoms with Gasteiger partial charge in [0.15, 0.2) is 11.7 Å². The molecule has 2 atom stereocenters. The van der Waals surface area contributed by atoms with Crippen LogP contribution in [0.1, 0.15) is 40.9 Å². The van der Waals surface area contributed by atoms with E-state index in [1.807, 2.05) is 37.6 Å². The number of hydrazone groups is 1. The fourth-order valence-corrected chi connectivity index (χ4v) is 5.79. The van der Waals surface area contributed by atoms with E-state index in [2.05, 4.69) is 31.7 Å². The first-order valence-corrected chi connectivity index (χ1v) is 12.1. The molecule has 1 aromatic heterocycles. The molecule has 0 amide bonds. The van der Waals surface area contributed by atoms with Crippen molar-refractivity contribution in [3.63, 3.8) is 0 Å². The van der Waals surface area contributed by atoms with Gasteiger partial charge in [0.2, 0.25) is 0 Å². The second-order valence-corrected chi connectivity index (χ2v) is 9.50. The number of esters is 1. The van der Waals surface area contributed by atoms with Crippen molar-refractivity contribution in [3.8, 4) is 0 Å². The van der Waals surface area contributed by atoms with E-state index in [1.54, 1.807) is 0 Å². The molecule has 2 N–H and O–H groups in total. The number of piperidine rings is 1. The first-order chi connectivity index (χ1) is 15.6. The van der Waals surface area contributed by atoms with E-state index in [4.69, 9.17) is 9.73 Å². The molecule has 32 heavy (non-hydrogen) atoms. The van der Waals surface area contributed by atoms with Gasteiger partial charge in [0, 0.05) is 38.1 Å². The smallest absolute Gasteiger partial charge is 0.348 e. The summed E-state index contributed by atoms with van der Waals surface area (Å²) in [6.07, 6.45) is 7.86. The van der Waals surface area contributed by atoms with Crippen LogP contribution in [0.5, 0.6) is 0 Å². The lowest BCUT2D eigenvalue weighted by Gasteiger charge is -2.29. The van der Waals surface area contributed by atoms with Crippen LogP contribution in [0.25, 0.3) is 0 Å². The minimum atomic E-state index is -0.242. The fourth-order valence-electron chi connectivity index (χ4n) is 4.75. The number of fused-ring (bicyclic) bond motifs is 1. The molecule has 0 radical (unpaired) electrons. The van der Waals surface area contributed by atoms with E-state index < -0.39 is 0 Å². The summed E-state index contributed by atoms with van der Waals surface area (Å²) in [7, 11) is 1.99. The Kier molecular flexibility index (Phi) is 5.97. The first-order valence-electron chi connectivity index (χ1n) is 11.3. The maximum atomic E-state index is 12.7. The molecule has 0 bridgehead atoms. The molecule has 0 aliphatic carbocycles. The van der Waals surface area contributed by atoms with Gasteiger partial charge in [-0.15, -0.1) is 11.3 Å². The molecule has 9 nitrogen and oxygen atoms in total. The van der Waals surface area contributed by atoms with E-state index >= 15 is 0 Å². The van der Waals surface area contributed by atoms with Crippen LogP contribution in [-0.2, 0) is 4.74 Å². The molecule has 0 spiro atoms. The van der Waals surface area contributed by atoms with Crippen molar-refractivity contribution < 1.29 is 9.53 Å². The Morgan fingerprint density at radius 1 is 1.38 bits per heavy atom. The number of rotatable bonds is 5. The van der Waals surface area contributed by atoms with Crippen LogP contribution in [0.3, 0.4) is 0 Å². The second kappa shape index (κ2) is 9.03. The Hall–Kier alpha value is -2.72. The van der Waals surface area contributed by atoms with Crippen molar-refractivity contribution >= 4 is 40.2 Å². The van der Waals surface area contributed by atoms with Gasteiger partial charge in [0.25, 0.3) is 0 Å². The largest absolute Gasteiger partial charge is 0.462 e. The van der Waals surface area contributed by atoms with Gasteiger partial charge < -0.3 is 20.3 Å². The number of anilines is 1. The second-order valence-electron chi connectivity index (χ2n) is 8.45. The molecule has 1 saturated heterocycles. The van der Waals surface area contributed by atoms with Crippen LogP contribution < -0.4 is 10.6 Å². The molecular formula is C22H29N7O2S. The summed E-state index contributed by atoms with van der Waals surface area (Å²) in [5.74, 6) is 2.00. The maximum absolute atomic E-state index is 12.7. The average Bonchev–Trinajstić information content (AvgIpc) is 3.53. The quantitative estimate of drug-likeness (QED) is 0.662. The van der Waals surface area contributed by atoms with Gasteiger partial charge >= 0.3 is 5.97 Å². The van der Waals surface area contributed by atoms with Crippen LogP contribution >= 0.6 is 11.3 Å². The minimum Gasteiger partial charge on any atom is -0.462 e. The topological polar surface area (TPSA) is 93.9 Å². The number of thiophene rings is 1. The monoisotopic (exact) mass is 455 g/mol. The standard InChI is InChI=1S/C22H29N7O2S/c1-3-31-22(30)19-16(14-4-6-23-7-5-14)10-18(32-19)27-20-21-25-12-17(29(21)9-8-24-20)15-11-26-28(2)13-15/h8-11,14-15,17,23H,3-7,12-13H2,1-2H3,(H,24,27). The van der Waals surface area contributed by atoms with E-state index in [-0.39, 0.29) is 12.0 Å². The molecule has 4 aliphatic heterocycles. The van der Waals surface area contributed by atoms with Gasteiger partial charge in [-0.3, -0.25) is 10.0 Å². The number of aliphatic imine (C=N–C) groups is 2. The fraction of sp³-hybridized carbons (Fsp3) is 0.545. The summed E-state index contributed by atoms with van der Waals surface area (Å²) in [5, 5.41) is 14.1. The number of hydrogen-bond donors (Lipinski definition) is 2. The van der Waals surface area contributed by atoms with Crippen molar-refractivity contribution in [3.05, 3.63) is 28.9 Å². The van der Waals surface area contributed by atoms with Crippen molar-refractivity contribution in [2.75, 3.05) is 45.2 Å². The summed E-state index contributed by atoms with van der Waals surface area (Å²) < 4.78 is 5.35. The molecule has 170 valence electrons. The third-order valence-electron chi connectivity index (χ3n) is 6.34. The third-order valence-corrected chi connectivity index (χ3v) is 7.39. The molecule has 1 aromatic rings. The van der Waals surface area contributed by atoms with E-state index in [0.717, 1.165) is 48.9 Å². The lowest BCUT2D eigenvalue weighted by Crippen LogP contribution is -2.44. The molecule has 5 rings (SSSR count). The van der Waals surface area contributed by atoms with Crippen molar-refractivity contribution in [1.82, 2.24) is 15.2 Å². The molecule has 10 heteroatoms. The summed E-state index contributed by atoms with van der Waals surface area (Å²) in [5.41, 5.74) is 1.08. The number of hydrogen-bond acceptors (Lipinski definition) is 10. The van der Waals surface area contributed by atoms with Crippen LogP contribution in [0.4, 0.5) is 5.00 Å². The zero-order chi connectivity index (χ0) is 22.1. The number of nitrogens with one attached hydrogen (secondary N) is 2. The number of nitrogens with zero attached hydrogens (tertiary/aromatic N) is 5. The minimum absolute atomic E-state index is 0.242. The Morgan fingerprint density at radius 3 is 2.97 bits per heavy atom. The molecule has 5 heterocycles. The third kappa shape index (κ3) is 4.04. The molecule has 1 fully saturated rings. The van der Waals surface area contributed by atoms with Crippen LogP contribution in [0.15, 0.2) is 33.6 Å². The van der Waals surface area contributed by atoms with Gasteiger partial charge in [-0.25, -0.2) is 9.79 Å². The molecule has 0 saturated carbocycles. The number of carbonyl (C=O) groups is 1. The van der Waals surface area contributed by atoms with Crippen LogP contribution in [-0.4, -0.2) is 79.6 Å². The Morgan fingerprint density at radius 2 is 2.22 bits per heavy atom. The number of amidine groups is 2. The van der Waals surface area contributed by atoms with Crippen molar-refractivity contribution in [1.29, 1.82) is 0 Å². The highest BCUT2D eigenvalue weighted by Gasteiger charge is 2.37. The summed E-state index contributed by atoms with van der Waals surface area (Å²) >= 11 is 1.44. The van der Waals surface area contributed by atoms with Gasteiger partial charge in [0.05, 0.1) is 24.2 Å². The van der Waals surface area contributed by atoms with E-state index in [0.29, 0.717) is 35.7 Å². The maximum Gasteiger partial charge on any atom is 0.348 e. The molecular weight excluding hydrogens is 426 g/mol. The van der Waals surface area contributed by atoms with Crippen molar-refractivity contribution in [2.24, 2.45) is 21.0 Å². The zero-order valence-electron chi connectivity index (χ0n) is 18.5. The summed E-state index contributed by atoms with van der Waals surface area (Å²) in [6.45, 7) is 5.75. The molecule has 2 unspecified atom stereocenters. The van der Waals surface area contributed by atoms with Gasteiger partial charge in [0.1, 0.15) is 4.88 Å². The number of carbonyl (C=O) groups excluding carboxylic acids is 1. The predicted octanol–water partition coefficient (Wildman–Crippen LogP) is 2.32. The Bertz CT molecular complexity index is 992. The summed E-state index contributed by atoms with van der Waals surface area (Å²) in [4.78, 5) is 24.9. The van der Waals surface area contributed by atoms with Crippen LogP contribution in [0, 0.1) is 5.92 Å². The molecule has 0 aromatic carbocycles. The Labute approximate surface area is 191 Å². The van der Waals surface area contributed by atoms with E-state index in [9.17, 15) is 4.79 Å².